The van der Waals surface area contributed by atoms with E-state index in [4.69, 9.17) is 4.74 Å². The van der Waals surface area contributed by atoms with Crippen LogP contribution < -0.4 is 10.2 Å². The van der Waals surface area contributed by atoms with Gasteiger partial charge in [0.15, 0.2) is 0 Å². The molecule has 0 aliphatic heterocycles. The van der Waals surface area contributed by atoms with Gasteiger partial charge in [0.1, 0.15) is 11.5 Å². The zero-order valence-electron chi connectivity index (χ0n) is 10.9. The van der Waals surface area contributed by atoms with Crippen LogP contribution in [0.2, 0.25) is 0 Å². The quantitative estimate of drug-likeness (QED) is 0.657. The van der Waals surface area contributed by atoms with Crippen molar-refractivity contribution < 1.29 is 14.6 Å². The Labute approximate surface area is 120 Å². The third-order valence-corrected chi connectivity index (χ3v) is 3.30. The molecular weight excluding hydrogens is 276 g/mol. The molecule has 0 saturated heterocycles. The number of ether oxygens (including phenoxy) is 1. The van der Waals surface area contributed by atoms with E-state index in [0.717, 1.165) is 0 Å². The Morgan fingerprint density at radius 3 is 3.00 bits per heavy atom. The van der Waals surface area contributed by atoms with Crippen LogP contribution in [0.25, 0.3) is 0 Å². The summed E-state index contributed by atoms with van der Waals surface area (Å²) in [4.78, 5) is 12.2. The predicted octanol–water partition coefficient (Wildman–Crippen LogP) is 2.62. The number of rotatable bonds is 5. The fourth-order valence-electron chi connectivity index (χ4n) is 1.51. The molecule has 0 unspecified atom stereocenters. The number of nitrogens with zero attached hydrogens (tertiary/aromatic N) is 1. The van der Waals surface area contributed by atoms with Crippen molar-refractivity contribution in [3.05, 3.63) is 46.2 Å². The first-order chi connectivity index (χ1) is 9.70. The number of hydrogen-bond donors (Lipinski definition) is 2. The number of benzene rings is 1. The number of phenolic OH excluding ortho intramolecular Hbond substituents is 1. The summed E-state index contributed by atoms with van der Waals surface area (Å²) in [6.45, 7) is 2.40. The number of amides is 1. The number of nitrogens with one attached hydrogen (secondary N) is 1. The Bertz CT molecular complexity index is 609. The Morgan fingerprint density at radius 1 is 1.50 bits per heavy atom. The zero-order chi connectivity index (χ0) is 14.4. The van der Waals surface area contributed by atoms with Gasteiger partial charge in [-0.1, -0.05) is 6.07 Å². The zero-order valence-corrected chi connectivity index (χ0v) is 11.7. The molecule has 20 heavy (non-hydrogen) atoms. The van der Waals surface area contributed by atoms with Crippen LogP contribution >= 0.6 is 11.3 Å². The summed E-state index contributed by atoms with van der Waals surface area (Å²) >= 11 is 1.34. The smallest absolute Gasteiger partial charge is 0.281 e. The lowest BCUT2D eigenvalue weighted by molar-refractivity contribution is 0.0959. The molecule has 2 rings (SSSR count). The first-order valence-electron chi connectivity index (χ1n) is 6.03. The third-order valence-electron chi connectivity index (χ3n) is 2.43. The molecular formula is C14H14N2O3S. The normalized spacial score (nSPS) is 10.7. The van der Waals surface area contributed by atoms with Gasteiger partial charge >= 0.3 is 0 Å². The highest BCUT2D eigenvalue weighted by Crippen LogP contribution is 2.22. The van der Waals surface area contributed by atoms with Gasteiger partial charge in [0.2, 0.25) is 0 Å². The number of thiophene rings is 1. The lowest BCUT2D eigenvalue weighted by Crippen LogP contribution is -2.16. The Hall–Kier alpha value is -2.34. The molecule has 1 aromatic carbocycles. The number of aromatic hydroxyl groups is 1. The topological polar surface area (TPSA) is 70.9 Å². The minimum atomic E-state index is -0.276. The fraction of sp³-hybridized carbons (Fsp3) is 0.143. The lowest BCUT2D eigenvalue weighted by atomic mass is 10.2. The van der Waals surface area contributed by atoms with Crippen LogP contribution in [0.15, 0.2) is 40.8 Å². The molecule has 1 amide bonds. The van der Waals surface area contributed by atoms with Crippen LogP contribution in [0.1, 0.15) is 22.2 Å². The van der Waals surface area contributed by atoms with Crippen molar-refractivity contribution in [3.63, 3.8) is 0 Å². The average Bonchev–Trinajstić information content (AvgIpc) is 2.95. The number of phenols is 1. The summed E-state index contributed by atoms with van der Waals surface area (Å²) in [6, 6.07) is 8.41. The van der Waals surface area contributed by atoms with Gasteiger partial charge in [0.05, 0.1) is 17.7 Å². The fourth-order valence-corrected chi connectivity index (χ4v) is 2.13. The van der Waals surface area contributed by atoms with E-state index < -0.39 is 0 Å². The van der Waals surface area contributed by atoms with Crippen molar-refractivity contribution >= 4 is 23.5 Å². The number of hydrazone groups is 1. The Balaban J connectivity index is 1.99. The van der Waals surface area contributed by atoms with Crippen molar-refractivity contribution in [1.29, 1.82) is 0 Å². The molecule has 0 fully saturated rings. The maximum atomic E-state index is 11.6. The predicted molar refractivity (Wildman–Crippen MR) is 78.7 cm³/mol. The molecule has 0 aliphatic rings. The molecule has 104 valence electrons. The van der Waals surface area contributed by atoms with Crippen molar-refractivity contribution in [1.82, 2.24) is 5.43 Å². The average molecular weight is 290 g/mol. The highest BCUT2D eigenvalue weighted by molar-refractivity contribution is 7.12. The maximum absolute atomic E-state index is 11.6. The first kappa shape index (κ1) is 14.1. The van der Waals surface area contributed by atoms with Crippen molar-refractivity contribution in [3.8, 4) is 11.5 Å². The van der Waals surface area contributed by atoms with Crippen LogP contribution in [0, 0.1) is 0 Å². The van der Waals surface area contributed by atoms with E-state index in [1.807, 2.05) is 12.3 Å². The van der Waals surface area contributed by atoms with Crippen molar-refractivity contribution in [2.75, 3.05) is 6.61 Å². The molecule has 0 bridgehead atoms. The van der Waals surface area contributed by atoms with Crippen LogP contribution in [0.3, 0.4) is 0 Å². The Morgan fingerprint density at radius 2 is 2.35 bits per heavy atom. The first-order valence-corrected chi connectivity index (χ1v) is 6.91. The highest BCUT2D eigenvalue weighted by atomic mass is 32.1. The summed E-state index contributed by atoms with van der Waals surface area (Å²) in [5.74, 6) is 0.358. The molecule has 0 radical (unpaired) electrons. The molecule has 0 spiro atoms. The molecule has 0 atom stereocenters. The summed E-state index contributed by atoms with van der Waals surface area (Å²) in [7, 11) is 0. The third kappa shape index (κ3) is 3.58. The van der Waals surface area contributed by atoms with E-state index in [9.17, 15) is 9.90 Å². The van der Waals surface area contributed by atoms with Crippen molar-refractivity contribution in [2.24, 2.45) is 5.10 Å². The molecule has 1 aromatic heterocycles. The van der Waals surface area contributed by atoms with E-state index in [0.29, 0.717) is 22.8 Å². The van der Waals surface area contributed by atoms with E-state index >= 15 is 0 Å². The highest BCUT2D eigenvalue weighted by Gasteiger charge is 2.04. The molecule has 0 saturated carbocycles. The standard InChI is InChI=1S/C14H14N2O3S/c1-2-19-11-6-5-10(12(17)8-11)9-15-16-14(18)13-4-3-7-20-13/h3-9,17H,2H2,1H3,(H,16,18)/b15-9+. The number of carbonyl (C=O) groups is 1. The van der Waals surface area contributed by atoms with Gasteiger partial charge in [-0.05, 0) is 30.5 Å². The SMILES string of the molecule is CCOc1ccc(/C=N/NC(=O)c2cccs2)c(O)c1. The van der Waals surface area contributed by atoms with Gasteiger partial charge in [0.25, 0.3) is 5.91 Å². The van der Waals surface area contributed by atoms with Crippen LogP contribution in [0.5, 0.6) is 11.5 Å². The summed E-state index contributed by atoms with van der Waals surface area (Å²) < 4.78 is 5.26. The second kappa shape index (κ2) is 6.72. The largest absolute Gasteiger partial charge is 0.507 e. The molecule has 6 heteroatoms. The van der Waals surface area contributed by atoms with Gasteiger partial charge in [-0.15, -0.1) is 11.3 Å². The van der Waals surface area contributed by atoms with Crippen LogP contribution in [-0.2, 0) is 0 Å². The Kier molecular flexibility index (Phi) is 4.73. The van der Waals surface area contributed by atoms with Crippen LogP contribution in [-0.4, -0.2) is 23.8 Å². The molecule has 2 aromatic rings. The number of hydrogen-bond acceptors (Lipinski definition) is 5. The van der Waals surface area contributed by atoms with Gasteiger partial charge in [-0.2, -0.15) is 5.10 Å². The molecule has 5 nitrogen and oxygen atoms in total. The minimum absolute atomic E-state index is 0.0464. The van der Waals surface area contributed by atoms with Crippen molar-refractivity contribution in [2.45, 2.75) is 6.92 Å². The molecule has 2 N–H and O–H groups in total. The maximum Gasteiger partial charge on any atom is 0.281 e. The summed E-state index contributed by atoms with van der Waals surface area (Å²) in [5, 5.41) is 15.4. The molecule has 1 heterocycles. The lowest BCUT2D eigenvalue weighted by Gasteiger charge is -2.04. The van der Waals surface area contributed by atoms with Crippen LogP contribution in [0.4, 0.5) is 0 Å². The second-order valence-corrected chi connectivity index (χ2v) is 4.78. The minimum Gasteiger partial charge on any atom is -0.507 e. The van der Waals surface area contributed by atoms with E-state index in [2.05, 4.69) is 10.5 Å². The number of carbonyl (C=O) groups excluding carboxylic acids is 1. The summed E-state index contributed by atoms with van der Waals surface area (Å²) in [6.07, 6.45) is 1.39. The molecule has 0 aliphatic carbocycles. The second-order valence-electron chi connectivity index (χ2n) is 3.83. The van der Waals surface area contributed by atoms with Gasteiger partial charge in [-0.3, -0.25) is 4.79 Å². The summed E-state index contributed by atoms with van der Waals surface area (Å²) in [5.41, 5.74) is 2.90. The van der Waals surface area contributed by atoms with E-state index in [1.54, 1.807) is 24.3 Å². The van der Waals surface area contributed by atoms with Gasteiger partial charge in [-0.25, -0.2) is 5.43 Å². The van der Waals surface area contributed by atoms with Gasteiger partial charge < -0.3 is 9.84 Å². The van der Waals surface area contributed by atoms with Gasteiger partial charge in [0, 0.05) is 11.6 Å². The van der Waals surface area contributed by atoms with E-state index in [1.165, 1.54) is 23.6 Å². The van der Waals surface area contributed by atoms with E-state index in [-0.39, 0.29) is 11.7 Å². The monoisotopic (exact) mass is 290 g/mol.